The predicted molar refractivity (Wildman–Crippen MR) is 86.7 cm³/mol. The van der Waals surface area contributed by atoms with Crippen LogP contribution in [0.4, 0.5) is 5.69 Å². The van der Waals surface area contributed by atoms with Gasteiger partial charge in [-0.15, -0.1) is 0 Å². The molecule has 0 amide bonds. The van der Waals surface area contributed by atoms with Gasteiger partial charge >= 0.3 is 0 Å². The summed E-state index contributed by atoms with van der Waals surface area (Å²) in [5, 5.41) is 3.50. The highest BCUT2D eigenvalue weighted by Gasteiger charge is 2.07. The fraction of sp³-hybridized carbons (Fsp3) is 0.417. The number of hydrogen-bond acceptors (Lipinski definition) is 3. The molecule has 0 aliphatic heterocycles. The number of thiocarbonyl (C=S) groups is 1. The van der Waals surface area contributed by atoms with E-state index < -0.39 is 10.8 Å². The summed E-state index contributed by atoms with van der Waals surface area (Å²) in [4.78, 5) is 0.386. The number of hydrogen-bond donors (Lipinski definition) is 2. The highest BCUT2D eigenvalue weighted by atomic mass is 79.9. The number of halogens is 1. The van der Waals surface area contributed by atoms with Crippen molar-refractivity contribution in [1.29, 1.82) is 0 Å². The molecule has 0 saturated carbocycles. The third-order valence-electron chi connectivity index (χ3n) is 2.69. The number of anilines is 1. The maximum absolute atomic E-state index is 11.2. The summed E-state index contributed by atoms with van der Waals surface area (Å²) < 4.78 is 12.1. The molecule has 0 aliphatic carbocycles. The Bertz CT molecular complexity index is 465. The Morgan fingerprint density at radius 3 is 2.78 bits per heavy atom. The van der Waals surface area contributed by atoms with Crippen LogP contribution in [-0.2, 0) is 10.8 Å². The van der Waals surface area contributed by atoms with Crippen molar-refractivity contribution < 1.29 is 4.21 Å². The topological polar surface area (TPSA) is 55.1 Å². The van der Waals surface area contributed by atoms with E-state index in [-0.39, 0.29) is 5.25 Å². The van der Waals surface area contributed by atoms with Crippen molar-refractivity contribution in [2.75, 3.05) is 18.1 Å². The summed E-state index contributed by atoms with van der Waals surface area (Å²) in [6.45, 7) is 2.77. The molecule has 0 spiro atoms. The van der Waals surface area contributed by atoms with Gasteiger partial charge < -0.3 is 11.1 Å². The minimum absolute atomic E-state index is 0.201. The van der Waals surface area contributed by atoms with Crippen LogP contribution in [0.25, 0.3) is 0 Å². The Morgan fingerprint density at radius 1 is 1.61 bits per heavy atom. The summed E-state index contributed by atoms with van der Waals surface area (Å²) in [6, 6.07) is 5.72. The summed E-state index contributed by atoms with van der Waals surface area (Å²) in [5.41, 5.74) is 7.39. The van der Waals surface area contributed by atoms with Gasteiger partial charge in [0.25, 0.3) is 0 Å². The third-order valence-corrected chi connectivity index (χ3v) is 4.95. The van der Waals surface area contributed by atoms with Crippen LogP contribution in [0, 0.1) is 0 Å². The monoisotopic (exact) mass is 348 g/mol. The van der Waals surface area contributed by atoms with Crippen LogP contribution < -0.4 is 11.1 Å². The van der Waals surface area contributed by atoms with Gasteiger partial charge in [0.05, 0.1) is 0 Å². The van der Waals surface area contributed by atoms with E-state index >= 15 is 0 Å². The van der Waals surface area contributed by atoms with Gasteiger partial charge in [-0.1, -0.05) is 19.1 Å². The van der Waals surface area contributed by atoms with Crippen LogP contribution in [0.1, 0.15) is 18.9 Å². The largest absolute Gasteiger partial charge is 0.389 e. The number of nitrogens with one attached hydrogen (secondary N) is 1. The molecule has 1 aromatic carbocycles. The molecule has 100 valence electrons. The van der Waals surface area contributed by atoms with Gasteiger partial charge in [0.2, 0.25) is 0 Å². The SMILES string of the molecule is CC(CCNc1ccc(C(N)=S)cc1Br)S(C)=O. The first kappa shape index (κ1) is 15.6. The third kappa shape index (κ3) is 4.66. The molecule has 1 aromatic rings. The molecule has 2 atom stereocenters. The van der Waals surface area contributed by atoms with Crippen LogP contribution in [-0.4, -0.2) is 27.2 Å². The van der Waals surface area contributed by atoms with Crippen molar-refractivity contribution in [3.8, 4) is 0 Å². The average molecular weight is 349 g/mol. The minimum atomic E-state index is -0.769. The zero-order valence-electron chi connectivity index (χ0n) is 10.4. The molecular formula is C12H17BrN2OS2. The first-order chi connectivity index (χ1) is 8.41. The lowest BCUT2D eigenvalue weighted by molar-refractivity contribution is 0.672. The van der Waals surface area contributed by atoms with E-state index in [9.17, 15) is 4.21 Å². The maximum Gasteiger partial charge on any atom is 0.104 e. The lowest BCUT2D eigenvalue weighted by Crippen LogP contribution is -2.15. The normalized spacial score (nSPS) is 13.9. The molecular weight excluding hydrogens is 332 g/mol. The molecule has 6 heteroatoms. The number of nitrogens with two attached hydrogens (primary N) is 1. The summed E-state index contributed by atoms with van der Waals surface area (Å²) in [6.07, 6.45) is 2.60. The molecule has 0 aromatic heterocycles. The molecule has 1 rings (SSSR count). The van der Waals surface area contributed by atoms with Gasteiger partial charge in [-0.25, -0.2) is 0 Å². The lowest BCUT2D eigenvalue weighted by atomic mass is 10.2. The van der Waals surface area contributed by atoms with Gasteiger partial charge in [-0.05, 0) is 40.5 Å². The molecule has 3 nitrogen and oxygen atoms in total. The van der Waals surface area contributed by atoms with Crippen molar-refractivity contribution in [1.82, 2.24) is 0 Å². The molecule has 0 heterocycles. The second-order valence-corrected chi connectivity index (χ2v) is 7.18. The van der Waals surface area contributed by atoms with Crippen molar-refractivity contribution in [3.05, 3.63) is 28.2 Å². The molecule has 0 bridgehead atoms. The molecule has 2 unspecified atom stereocenters. The Hall–Kier alpha value is -0.460. The average Bonchev–Trinajstić information content (AvgIpc) is 2.30. The van der Waals surface area contributed by atoms with E-state index in [1.54, 1.807) is 6.26 Å². The smallest absolute Gasteiger partial charge is 0.104 e. The van der Waals surface area contributed by atoms with Crippen LogP contribution >= 0.6 is 28.1 Å². The maximum atomic E-state index is 11.2. The molecule has 0 saturated heterocycles. The zero-order chi connectivity index (χ0) is 13.7. The van der Waals surface area contributed by atoms with Gasteiger partial charge in [0.1, 0.15) is 4.99 Å². The van der Waals surface area contributed by atoms with Gasteiger partial charge in [0.15, 0.2) is 0 Å². The Labute approximate surface area is 124 Å². The van der Waals surface area contributed by atoms with Crippen LogP contribution in [0.2, 0.25) is 0 Å². The van der Waals surface area contributed by atoms with Gasteiger partial charge in [0, 0.05) is 44.6 Å². The lowest BCUT2D eigenvalue weighted by Gasteiger charge is -2.12. The Morgan fingerprint density at radius 2 is 2.28 bits per heavy atom. The van der Waals surface area contributed by atoms with Crippen LogP contribution in [0.3, 0.4) is 0 Å². The van der Waals surface area contributed by atoms with Gasteiger partial charge in [-0.2, -0.15) is 0 Å². The first-order valence-electron chi connectivity index (χ1n) is 5.57. The van der Waals surface area contributed by atoms with E-state index in [0.717, 1.165) is 28.7 Å². The van der Waals surface area contributed by atoms with Gasteiger partial charge in [-0.3, -0.25) is 4.21 Å². The highest BCUT2D eigenvalue weighted by molar-refractivity contribution is 9.10. The fourth-order valence-corrected chi connectivity index (χ4v) is 2.48. The van der Waals surface area contributed by atoms with Crippen molar-refractivity contribution in [3.63, 3.8) is 0 Å². The van der Waals surface area contributed by atoms with Crippen molar-refractivity contribution in [2.24, 2.45) is 5.73 Å². The first-order valence-corrected chi connectivity index (χ1v) is 8.39. The Kier molecular flexibility index (Phi) is 6.25. The zero-order valence-corrected chi connectivity index (χ0v) is 13.6. The standard InChI is InChI=1S/C12H17BrN2OS2/c1-8(18(2)16)5-6-15-11-4-3-9(12(14)17)7-10(11)13/h3-4,7-8,15H,5-6H2,1-2H3,(H2,14,17). The van der Waals surface area contributed by atoms with Crippen molar-refractivity contribution in [2.45, 2.75) is 18.6 Å². The molecule has 3 N–H and O–H groups in total. The van der Waals surface area contributed by atoms with Crippen molar-refractivity contribution >= 4 is 49.6 Å². The Balaban J connectivity index is 2.58. The van der Waals surface area contributed by atoms with Crippen LogP contribution in [0.5, 0.6) is 0 Å². The fourth-order valence-electron chi connectivity index (χ4n) is 1.39. The number of rotatable bonds is 6. The molecule has 0 fully saturated rings. The second-order valence-electron chi connectivity index (χ2n) is 4.08. The highest BCUT2D eigenvalue weighted by Crippen LogP contribution is 2.23. The molecule has 18 heavy (non-hydrogen) atoms. The van der Waals surface area contributed by atoms with Crippen LogP contribution in [0.15, 0.2) is 22.7 Å². The molecule has 0 radical (unpaired) electrons. The summed E-state index contributed by atoms with van der Waals surface area (Å²) in [5.74, 6) is 0. The van der Waals surface area contributed by atoms with E-state index in [4.69, 9.17) is 18.0 Å². The predicted octanol–water partition coefficient (Wildman–Crippen LogP) is 2.65. The van der Waals surface area contributed by atoms with E-state index in [2.05, 4.69) is 21.2 Å². The summed E-state index contributed by atoms with van der Waals surface area (Å²) >= 11 is 8.39. The van der Waals surface area contributed by atoms with E-state index in [1.807, 2.05) is 25.1 Å². The summed E-state index contributed by atoms with van der Waals surface area (Å²) in [7, 11) is -0.769. The second kappa shape index (κ2) is 7.21. The quantitative estimate of drug-likeness (QED) is 0.776. The van der Waals surface area contributed by atoms with E-state index in [1.165, 1.54) is 0 Å². The van der Waals surface area contributed by atoms with E-state index in [0.29, 0.717) is 4.99 Å². The minimum Gasteiger partial charge on any atom is -0.389 e. The number of benzene rings is 1. The molecule has 0 aliphatic rings.